The van der Waals surface area contributed by atoms with Crippen molar-refractivity contribution >= 4 is 11.6 Å². The molecule has 0 spiro atoms. The van der Waals surface area contributed by atoms with Crippen LogP contribution in [0.3, 0.4) is 0 Å². The van der Waals surface area contributed by atoms with Gasteiger partial charge >= 0.3 is 0 Å². The molecule has 3 rings (SSSR count). The summed E-state index contributed by atoms with van der Waals surface area (Å²) in [5, 5.41) is 22.5. The Labute approximate surface area is 137 Å². The number of hydrogen-bond acceptors (Lipinski definition) is 4. The molecule has 3 N–H and O–H groups in total. The number of benzene rings is 1. The quantitative estimate of drug-likeness (QED) is 0.793. The second kappa shape index (κ2) is 7.32. The van der Waals surface area contributed by atoms with Gasteiger partial charge in [0, 0.05) is 24.3 Å². The van der Waals surface area contributed by atoms with Crippen molar-refractivity contribution in [1.82, 2.24) is 5.32 Å². The van der Waals surface area contributed by atoms with E-state index < -0.39 is 6.10 Å². The van der Waals surface area contributed by atoms with E-state index in [1.165, 1.54) is 0 Å². The molecule has 5 heteroatoms. The van der Waals surface area contributed by atoms with Gasteiger partial charge in [-0.1, -0.05) is 12.8 Å². The van der Waals surface area contributed by atoms with Crippen LogP contribution in [0.25, 0.3) is 0 Å². The minimum Gasteiger partial charge on any atom is -0.393 e. The molecular weight excluding hydrogens is 292 g/mol. The van der Waals surface area contributed by atoms with Crippen LogP contribution in [-0.2, 0) is 0 Å². The maximum Gasteiger partial charge on any atom is 0.251 e. The summed E-state index contributed by atoms with van der Waals surface area (Å²) in [7, 11) is 0. The molecule has 126 valence electrons. The van der Waals surface area contributed by atoms with E-state index in [-0.39, 0.29) is 18.1 Å². The zero-order chi connectivity index (χ0) is 16.2. The molecule has 0 radical (unpaired) electrons. The van der Waals surface area contributed by atoms with Crippen LogP contribution in [0.4, 0.5) is 5.69 Å². The number of piperidine rings is 1. The van der Waals surface area contributed by atoms with Gasteiger partial charge in [-0.05, 0) is 49.9 Å². The number of carbonyl (C=O) groups is 1. The van der Waals surface area contributed by atoms with E-state index in [4.69, 9.17) is 0 Å². The lowest BCUT2D eigenvalue weighted by Gasteiger charge is -2.31. The Bertz CT molecular complexity index is 524. The number of amides is 1. The molecule has 2 unspecified atom stereocenters. The third kappa shape index (κ3) is 4.03. The van der Waals surface area contributed by atoms with Gasteiger partial charge in [0.1, 0.15) is 0 Å². The van der Waals surface area contributed by atoms with Crippen molar-refractivity contribution in [2.24, 2.45) is 0 Å². The molecule has 1 saturated heterocycles. The van der Waals surface area contributed by atoms with Crippen LogP contribution >= 0.6 is 0 Å². The van der Waals surface area contributed by atoms with E-state index in [1.54, 1.807) is 0 Å². The predicted molar refractivity (Wildman–Crippen MR) is 89.6 cm³/mol. The minimum absolute atomic E-state index is 0.114. The lowest BCUT2D eigenvalue weighted by molar-refractivity contribution is 0.0717. The fraction of sp³-hybridized carbons (Fsp3) is 0.611. The molecule has 0 bridgehead atoms. The van der Waals surface area contributed by atoms with Crippen LogP contribution < -0.4 is 10.2 Å². The van der Waals surface area contributed by atoms with Crippen LogP contribution in [0.5, 0.6) is 0 Å². The molecule has 2 atom stereocenters. The van der Waals surface area contributed by atoms with Crippen LogP contribution in [0.15, 0.2) is 24.3 Å². The van der Waals surface area contributed by atoms with Gasteiger partial charge in [-0.2, -0.15) is 0 Å². The largest absolute Gasteiger partial charge is 0.393 e. The standard InChI is InChI=1S/C18H26N2O3/c21-15-9-11-20(12-10-15)14-7-5-13(6-8-14)18(23)19-16-3-1-2-4-17(16)22/h5-8,15-17,21-22H,1-4,9-12H2,(H,19,23). The van der Waals surface area contributed by atoms with E-state index in [1.807, 2.05) is 24.3 Å². The van der Waals surface area contributed by atoms with E-state index >= 15 is 0 Å². The lowest BCUT2D eigenvalue weighted by Crippen LogP contribution is -2.45. The molecule has 1 aromatic carbocycles. The smallest absolute Gasteiger partial charge is 0.251 e. The summed E-state index contributed by atoms with van der Waals surface area (Å²) in [5.41, 5.74) is 1.72. The Kier molecular flexibility index (Phi) is 5.18. The Morgan fingerprint density at radius 2 is 1.65 bits per heavy atom. The van der Waals surface area contributed by atoms with Gasteiger partial charge in [-0.3, -0.25) is 4.79 Å². The number of rotatable bonds is 3. The molecule has 1 aliphatic heterocycles. The number of nitrogens with zero attached hydrogens (tertiary/aromatic N) is 1. The van der Waals surface area contributed by atoms with E-state index in [2.05, 4.69) is 10.2 Å². The maximum atomic E-state index is 12.3. The molecule has 1 aromatic rings. The first kappa shape index (κ1) is 16.3. The topological polar surface area (TPSA) is 72.8 Å². The number of carbonyl (C=O) groups excluding carboxylic acids is 1. The zero-order valence-electron chi connectivity index (χ0n) is 13.4. The average Bonchev–Trinajstić information content (AvgIpc) is 2.58. The van der Waals surface area contributed by atoms with Crippen molar-refractivity contribution in [3.63, 3.8) is 0 Å². The van der Waals surface area contributed by atoms with E-state index in [0.29, 0.717) is 5.56 Å². The highest BCUT2D eigenvalue weighted by Gasteiger charge is 2.25. The third-order valence-electron chi connectivity index (χ3n) is 5.01. The second-order valence-corrected chi connectivity index (χ2v) is 6.70. The van der Waals surface area contributed by atoms with Crippen LogP contribution in [0.2, 0.25) is 0 Å². The highest BCUT2D eigenvalue weighted by molar-refractivity contribution is 5.94. The van der Waals surface area contributed by atoms with Crippen molar-refractivity contribution in [3.8, 4) is 0 Å². The fourth-order valence-corrected chi connectivity index (χ4v) is 3.48. The molecular formula is C18H26N2O3. The molecule has 1 heterocycles. The lowest BCUT2D eigenvalue weighted by atomic mass is 9.92. The summed E-state index contributed by atoms with van der Waals surface area (Å²) in [4.78, 5) is 14.6. The Morgan fingerprint density at radius 1 is 1.00 bits per heavy atom. The van der Waals surface area contributed by atoms with Crippen LogP contribution in [-0.4, -0.2) is 47.5 Å². The van der Waals surface area contributed by atoms with E-state index in [0.717, 1.165) is 57.3 Å². The van der Waals surface area contributed by atoms with Crippen LogP contribution in [0.1, 0.15) is 48.9 Å². The van der Waals surface area contributed by atoms with E-state index in [9.17, 15) is 15.0 Å². The first-order chi connectivity index (χ1) is 11.1. The van der Waals surface area contributed by atoms with Gasteiger partial charge in [0.05, 0.1) is 18.2 Å². The first-order valence-corrected chi connectivity index (χ1v) is 8.65. The number of nitrogens with one attached hydrogen (secondary N) is 1. The molecule has 2 aliphatic rings. The molecule has 23 heavy (non-hydrogen) atoms. The van der Waals surface area contributed by atoms with Crippen molar-refractivity contribution in [1.29, 1.82) is 0 Å². The SMILES string of the molecule is O=C(NC1CCCCC1O)c1ccc(N2CCC(O)CC2)cc1. The zero-order valence-corrected chi connectivity index (χ0v) is 13.4. The molecule has 5 nitrogen and oxygen atoms in total. The molecule has 0 aromatic heterocycles. The summed E-state index contributed by atoms with van der Waals surface area (Å²) in [6.07, 6.45) is 4.69. The van der Waals surface area contributed by atoms with Crippen molar-refractivity contribution in [3.05, 3.63) is 29.8 Å². The Balaban J connectivity index is 1.59. The van der Waals surface area contributed by atoms with Crippen molar-refractivity contribution < 1.29 is 15.0 Å². The normalized spacial score (nSPS) is 26.1. The highest BCUT2D eigenvalue weighted by atomic mass is 16.3. The second-order valence-electron chi connectivity index (χ2n) is 6.70. The number of aliphatic hydroxyl groups is 2. The summed E-state index contributed by atoms with van der Waals surface area (Å²) < 4.78 is 0. The third-order valence-corrected chi connectivity index (χ3v) is 5.01. The predicted octanol–water partition coefficient (Wildman–Crippen LogP) is 1.68. The number of aliphatic hydroxyl groups excluding tert-OH is 2. The van der Waals surface area contributed by atoms with Gasteiger partial charge in [0.2, 0.25) is 0 Å². The van der Waals surface area contributed by atoms with Crippen LogP contribution in [0, 0.1) is 0 Å². The summed E-state index contributed by atoms with van der Waals surface area (Å²) in [6, 6.07) is 7.48. The summed E-state index contributed by atoms with van der Waals surface area (Å²) >= 11 is 0. The van der Waals surface area contributed by atoms with Gasteiger partial charge < -0.3 is 20.4 Å². The highest BCUT2D eigenvalue weighted by Crippen LogP contribution is 2.22. The number of anilines is 1. The molecule has 1 aliphatic carbocycles. The monoisotopic (exact) mass is 318 g/mol. The van der Waals surface area contributed by atoms with Gasteiger partial charge in [0.25, 0.3) is 5.91 Å². The summed E-state index contributed by atoms with van der Waals surface area (Å²) in [6.45, 7) is 1.70. The number of hydrogen-bond donors (Lipinski definition) is 3. The Morgan fingerprint density at radius 3 is 2.30 bits per heavy atom. The fourth-order valence-electron chi connectivity index (χ4n) is 3.48. The van der Waals surface area contributed by atoms with Crippen molar-refractivity contribution in [2.75, 3.05) is 18.0 Å². The first-order valence-electron chi connectivity index (χ1n) is 8.65. The molecule has 1 saturated carbocycles. The Hall–Kier alpha value is -1.59. The maximum absolute atomic E-state index is 12.3. The van der Waals surface area contributed by atoms with Crippen molar-refractivity contribution in [2.45, 2.75) is 56.8 Å². The average molecular weight is 318 g/mol. The van der Waals surface area contributed by atoms with Gasteiger partial charge in [0.15, 0.2) is 0 Å². The summed E-state index contributed by atoms with van der Waals surface area (Å²) in [5.74, 6) is -0.114. The molecule has 2 fully saturated rings. The minimum atomic E-state index is -0.424. The molecule has 1 amide bonds. The van der Waals surface area contributed by atoms with Gasteiger partial charge in [-0.15, -0.1) is 0 Å². The van der Waals surface area contributed by atoms with Gasteiger partial charge in [-0.25, -0.2) is 0 Å².